The Bertz CT molecular complexity index is 466. The number of nitrogens with one attached hydrogen (secondary N) is 1. The van der Waals surface area contributed by atoms with Crippen molar-refractivity contribution in [3.63, 3.8) is 0 Å². The van der Waals surface area contributed by atoms with Gasteiger partial charge in [0.05, 0.1) is 4.90 Å². The van der Waals surface area contributed by atoms with Crippen LogP contribution in [0.3, 0.4) is 0 Å². The van der Waals surface area contributed by atoms with Gasteiger partial charge >= 0.3 is 0 Å². The highest BCUT2D eigenvalue weighted by Crippen LogP contribution is 2.15. The van der Waals surface area contributed by atoms with Crippen LogP contribution in [0.2, 0.25) is 0 Å². The molecule has 0 aliphatic rings. The molecule has 0 radical (unpaired) electrons. The van der Waals surface area contributed by atoms with Gasteiger partial charge in [0.1, 0.15) is 0 Å². The number of benzene rings is 1. The number of hydrogen-bond acceptors (Lipinski definition) is 4. The molecular weight excluding hydrogens is 252 g/mol. The summed E-state index contributed by atoms with van der Waals surface area (Å²) >= 11 is 0. The van der Waals surface area contributed by atoms with Crippen molar-refractivity contribution in [3.8, 4) is 0 Å². The van der Waals surface area contributed by atoms with Crippen LogP contribution in [-0.4, -0.2) is 28.2 Å². The van der Waals surface area contributed by atoms with E-state index in [-0.39, 0.29) is 4.90 Å². The lowest BCUT2D eigenvalue weighted by atomic mass is 10.2. The summed E-state index contributed by atoms with van der Waals surface area (Å²) in [6.07, 6.45) is 0.647. The molecule has 0 spiro atoms. The first-order valence-electron chi connectivity index (χ1n) is 5.90. The van der Waals surface area contributed by atoms with Crippen molar-refractivity contribution in [2.45, 2.75) is 25.2 Å². The molecule has 0 fully saturated rings. The number of anilines is 1. The van der Waals surface area contributed by atoms with E-state index in [0.29, 0.717) is 31.9 Å². The quantitative estimate of drug-likeness (QED) is 0.579. The number of nitrogen functional groups attached to an aromatic ring is 1. The maximum atomic E-state index is 12.0. The number of nitrogens with two attached hydrogens (primary N) is 1. The Morgan fingerprint density at radius 2 is 2.06 bits per heavy atom. The number of aryl methyl sites for hydroxylation is 1. The molecule has 0 aliphatic carbocycles. The average molecular weight is 272 g/mol. The third-order valence-corrected chi connectivity index (χ3v) is 3.79. The largest absolute Gasteiger partial charge is 0.399 e. The molecule has 1 aromatic rings. The molecule has 0 aromatic heterocycles. The number of rotatable bonds is 7. The molecule has 0 unspecified atom stereocenters. The summed E-state index contributed by atoms with van der Waals surface area (Å²) in [5, 5.41) is 0. The zero-order valence-corrected chi connectivity index (χ0v) is 11.6. The molecule has 0 saturated heterocycles. The predicted molar refractivity (Wildman–Crippen MR) is 71.9 cm³/mol. The van der Waals surface area contributed by atoms with E-state index in [1.54, 1.807) is 12.1 Å². The van der Waals surface area contributed by atoms with Crippen LogP contribution in [0.25, 0.3) is 0 Å². The number of ether oxygens (including phenoxy) is 1. The second-order valence-electron chi connectivity index (χ2n) is 4.03. The number of sulfonamides is 1. The van der Waals surface area contributed by atoms with Crippen molar-refractivity contribution >= 4 is 15.7 Å². The standard InChI is InChI=1S/C12H20N2O3S/c1-3-17-6-4-5-14-18(15,16)12-8-10(2)7-11(13)9-12/h7-9,14H,3-6,13H2,1-2H3. The summed E-state index contributed by atoms with van der Waals surface area (Å²) in [4.78, 5) is 0.205. The van der Waals surface area contributed by atoms with Crippen LogP contribution in [0.15, 0.2) is 23.1 Å². The van der Waals surface area contributed by atoms with Crippen molar-refractivity contribution in [1.82, 2.24) is 4.72 Å². The van der Waals surface area contributed by atoms with Crippen LogP contribution in [-0.2, 0) is 14.8 Å². The normalized spacial score (nSPS) is 11.7. The first-order chi connectivity index (χ1) is 8.45. The van der Waals surface area contributed by atoms with Crippen LogP contribution in [0.1, 0.15) is 18.9 Å². The van der Waals surface area contributed by atoms with Crippen molar-refractivity contribution in [1.29, 1.82) is 0 Å². The van der Waals surface area contributed by atoms with Gasteiger partial charge in [0.2, 0.25) is 10.0 Å². The molecule has 3 N–H and O–H groups in total. The van der Waals surface area contributed by atoms with Gasteiger partial charge in [-0.1, -0.05) is 0 Å². The second kappa shape index (κ2) is 6.72. The second-order valence-corrected chi connectivity index (χ2v) is 5.79. The highest BCUT2D eigenvalue weighted by molar-refractivity contribution is 7.89. The first kappa shape index (κ1) is 14.9. The Balaban J connectivity index is 2.63. The van der Waals surface area contributed by atoms with E-state index in [0.717, 1.165) is 5.56 Å². The molecule has 0 bridgehead atoms. The molecule has 0 amide bonds. The minimum absolute atomic E-state index is 0.205. The summed E-state index contributed by atoms with van der Waals surface area (Å²) in [6, 6.07) is 4.78. The molecule has 6 heteroatoms. The topological polar surface area (TPSA) is 81.4 Å². The molecule has 5 nitrogen and oxygen atoms in total. The lowest BCUT2D eigenvalue weighted by molar-refractivity contribution is 0.146. The van der Waals surface area contributed by atoms with Gasteiger partial charge in [-0.2, -0.15) is 0 Å². The molecule has 1 rings (SSSR count). The molecule has 0 atom stereocenters. The van der Waals surface area contributed by atoms with Crippen LogP contribution < -0.4 is 10.5 Å². The zero-order chi connectivity index (χ0) is 13.6. The van der Waals surface area contributed by atoms with Gasteiger partial charge in [-0.3, -0.25) is 0 Å². The molecule has 1 aromatic carbocycles. The maximum Gasteiger partial charge on any atom is 0.240 e. The Morgan fingerprint density at radius 1 is 1.33 bits per heavy atom. The Hall–Kier alpha value is -1.11. The first-order valence-corrected chi connectivity index (χ1v) is 7.38. The highest BCUT2D eigenvalue weighted by Gasteiger charge is 2.13. The highest BCUT2D eigenvalue weighted by atomic mass is 32.2. The van der Waals surface area contributed by atoms with Crippen molar-refractivity contribution in [3.05, 3.63) is 23.8 Å². The third kappa shape index (κ3) is 4.64. The minimum atomic E-state index is -3.48. The monoisotopic (exact) mass is 272 g/mol. The van der Waals surface area contributed by atoms with Gasteiger partial charge in [0.15, 0.2) is 0 Å². The summed E-state index contributed by atoms with van der Waals surface area (Å²) in [6.45, 7) is 5.26. The van der Waals surface area contributed by atoms with Crippen LogP contribution in [0.4, 0.5) is 5.69 Å². The molecule has 0 aliphatic heterocycles. The number of hydrogen-bond donors (Lipinski definition) is 2. The van der Waals surface area contributed by atoms with Gasteiger partial charge in [0.25, 0.3) is 0 Å². The lowest BCUT2D eigenvalue weighted by Gasteiger charge is -2.08. The molecular formula is C12H20N2O3S. The Labute approximate surface area is 108 Å². The fourth-order valence-electron chi connectivity index (χ4n) is 1.54. The average Bonchev–Trinajstić information content (AvgIpc) is 2.27. The van der Waals surface area contributed by atoms with Gasteiger partial charge < -0.3 is 10.5 Å². The smallest absolute Gasteiger partial charge is 0.240 e. The van der Waals surface area contributed by atoms with E-state index in [4.69, 9.17) is 10.5 Å². The van der Waals surface area contributed by atoms with Crippen LogP contribution in [0.5, 0.6) is 0 Å². The van der Waals surface area contributed by atoms with E-state index in [1.165, 1.54) is 6.07 Å². The summed E-state index contributed by atoms with van der Waals surface area (Å²) < 4.78 is 31.6. The predicted octanol–water partition coefficient (Wildman–Crippen LogP) is 1.28. The maximum absolute atomic E-state index is 12.0. The molecule has 18 heavy (non-hydrogen) atoms. The summed E-state index contributed by atoms with van der Waals surface area (Å²) in [5.74, 6) is 0. The van der Waals surface area contributed by atoms with Crippen molar-refractivity contribution in [2.75, 3.05) is 25.5 Å². The summed E-state index contributed by atoms with van der Waals surface area (Å²) in [7, 11) is -3.48. The van der Waals surface area contributed by atoms with Gasteiger partial charge in [0, 0.05) is 25.4 Å². The minimum Gasteiger partial charge on any atom is -0.399 e. The third-order valence-electron chi connectivity index (χ3n) is 2.35. The zero-order valence-electron chi connectivity index (χ0n) is 10.8. The summed E-state index contributed by atoms with van der Waals surface area (Å²) in [5.41, 5.74) is 6.91. The van der Waals surface area contributed by atoms with Gasteiger partial charge in [-0.25, -0.2) is 13.1 Å². The van der Waals surface area contributed by atoms with E-state index in [1.807, 2.05) is 13.8 Å². The fraction of sp³-hybridized carbons (Fsp3) is 0.500. The van der Waals surface area contributed by atoms with Crippen molar-refractivity contribution < 1.29 is 13.2 Å². The van der Waals surface area contributed by atoms with E-state index in [9.17, 15) is 8.42 Å². The lowest BCUT2D eigenvalue weighted by Crippen LogP contribution is -2.25. The molecule has 0 saturated carbocycles. The van der Waals surface area contributed by atoms with Crippen LogP contribution in [0, 0.1) is 6.92 Å². The van der Waals surface area contributed by atoms with Crippen molar-refractivity contribution in [2.24, 2.45) is 0 Å². The van der Waals surface area contributed by atoms with E-state index >= 15 is 0 Å². The Kier molecular flexibility index (Phi) is 5.58. The Morgan fingerprint density at radius 3 is 2.67 bits per heavy atom. The van der Waals surface area contributed by atoms with Gasteiger partial charge in [-0.05, 0) is 44.0 Å². The molecule has 0 heterocycles. The van der Waals surface area contributed by atoms with E-state index in [2.05, 4.69) is 4.72 Å². The SMILES string of the molecule is CCOCCCNS(=O)(=O)c1cc(C)cc(N)c1. The van der Waals surface area contributed by atoms with Gasteiger partial charge in [-0.15, -0.1) is 0 Å². The van der Waals surface area contributed by atoms with Crippen LogP contribution >= 0.6 is 0 Å². The van der Waals surface area contributed by atoms with E-state index < -0.39 is 10.0 Å². The molecule has 102 valence electrons. The fourth-order valence-corrected chi connectivity index (χ4v) is 2.75.